The minimum Gasteiger partial charge on any atom is -0.394 e. The molecule has 1 rings (SSSR count). The van der Waals surface area contributed by atoms with E-state index in [9.17, 15) is 5.11 Å². The van der Waals surface area contributed by atoms with Gasteiger partial charge in [0.15, 0.2) is 0 Å². The normalized spacial score (nSPS) is 12.1. The first-order chi connectivity index (χ1) is 15.2. The Morgan fingerprint density at radius 2 is 1.35 bits per heavy atom. The molecule has 0 aromatic heterocycles. The summed E-state index contributed by atoms with van der Waals surface area (Å²) in [6.07, 6.45) is 21.0. The quantitative estimate of drug-likeness (QED) is 0.203. The Hall–Kier alpha value is -1.08. The third kappa shape index (κ3) is 15.4. The summed E-state index contributed by atoms with van der Waals surface area (Å²) in [5.41, 5.74) is 1.41. The van der Waals surface area contributed by atoms with Gasteiger partial charge in [0.25, 0.3) is 0 Å². The van der Waals surface area contributed by atoms with Crippen LogP contribution in [0, 0.1) is 11.3 Å². The summed E-state index contributed by atoms with van der Waals surface area (Å²) in [6, 6.07) is 7.34. The van der Waals surface area contributed by atoms with Gasteiger partial charge in [-0.25, -0.2) is 0 Å². The lowest BCUT2D eigenvalue weighted by Crippen LogP contribution is -2.17. The molecule has 3 nitrogen and oxygen atoms in total. The number of hydrogen-bond acceptors (Lipinski definition) is 3. The van der Waals surface area contributed by atoms with Gasteiger partial charge < -0.3 is 9.84 Å². The second kappa shape index (κ2) is 19.6. The zero-order valence-electron chi connectivity index (χ0n) is 19.7. The molecule has 0 amide bonds. The first-order valence-electron chi connectivity index (χ1n) is 12.6. The molecule has 176 valence electrons. The van der Waals surface area contributed by atoms with Crippen LogP contribution < -0.4 is 0 Å². The summed E-state index contributed by atoms with van der Waals surface area (Å²) in [5.74, 6) is 0. The molecule has 1 unspecified atom stereocenters. The molecule has 31 heavy (non-hydrogen) atoms. The molecule has 1 N–H and O–H groups in total. The Morgan fingerprint density at radius 3 is 1.84 bits per heavy atom. The molecule has 0 heterocycles. The third-order valence-corrected chi connectivity index (χ3v) is 6.12. The van der Waals surface area contributed by atoms with Crippen LogP contribution in [0.3, 0.4) is 0 Å². The first-order valence-corrected chi connectivity index (χ1v) is 13.0. The van der Waals surface area contributed by atoms with Crippen molar-refractivity contribution in [2.75, 3.05) is 6.61 Å². The van der Waals surface area contributed by atoms with Crippen molar-refractivity contribution in [3.63, 3.8) is 0 Å². The van der Waals surface area contributed by atoms with Crippen molar-refractivity contribution in [3.8, 4) is 6.07 Å². The fourth-order valence-electron chi connectivity index (χ4n) is 3.98. The largest absolute Gasteiger partial charge is 0.394 e. The smallest absolute Gasteiger partial charge is 0.0992 e. The third-order valence-electron chi connectivity index (χ3n) is 5.91. The van der Waals surface area contributed by atoms with Crippen LogP contribution in [0.1, 0.15) is 121 Å². The summed E-state index contributed by atoms with van der Waals surface area (Å²) in [4.78, 5) is 0. The molecule has 0 bridgehead atoms. The SMILES string of the molecule is CCCCCCCCCCCCCCCCCC(CO)OCc1cc(Cl)cc(C#N)c1. The number of rotatable bonds is 20. The van der Waals surface area contributed by atoms with E-state index in [1.807, 2.05) is 6.07 Å². The number of halogens is 1. The zero-order chi connectivity index (χ0) is 22.6. The molecule has 0 fully saturated rings. The average molecular weight is 450 g/mol. The summed E-state index contributed by atoms with van der Waals surface area (Å²) in [7, 11) is 0. The van der Waals surface area contributed by atoms with E-state index in [-0.39, 0.29) is 12.7 Å². The molecule has 4 heteroatoms. The molecule has 0 radical (unpaired) electrons. The minimum atomic E-state index is -0.147. The molecule has 0 saturated heterocycles. The van der Waals surface area contributed by atoms with Crippen molar-refractivity contribution in [2.24, 2.45) is 0 Å². The van der Waals surface area contributed by atoms with E-state index in [1.165, 1.54) is 89.9 Å². The zero-order valence-corrected chi connectivity index (χ0v) is 20.5. The Balaban J connectivity index is 1.96. The number of nitriles is 1. The van der Waals surface area contributed by atoms with E-state index in [0.29, 0.717) is 17.2 Å². The molecule has 0 aliphatic rings. The molecule has 1 atom stereocenters. The number of benzene rings is 1. The molecular weight excluding hydrogens is 406 g/mol. The highest BCUT2D eigenvalue weighted by Gasteiger charge is 2.09. The van der Waals surface area contributed by atoms with Crippen LogP contribution in [0.25, 0.3) is 0 Å². The van der Waals surface area contributed by atoms with Gasteiger partial charge in [0.2, 0.25) is 0 Å². The van der Waals surface area contributed by atoms with E-state index in [4.69, 9.17) is 21.6 Å². The van der Waals surface area contributed by atoms with Gasteiger partial charge in [-0.2, -0.15) is 5.26 Å². The Morgan fingerprint density at radius 1 is 0.839 bits per heavy atom. The fraction of sp³-hybridized carbons (Fsp3) is 0.741. The maximum atomic E-state index is 9.57. The van der Waals surface area contributed by atoms with Crippen molar-refractivity contribution in [3.05, 3.63) is 34.3 Å². The average Bonchev–Trinajstić information content (AvgIpc) is 2.78. The highest BCUT2D eigenvalue weighted by Crippen LogP contribution is 2.18. The van der Waals surface area contributed by atoms with Crippen LogP contribution in [0.4, 0.5) is 0 Å². The number of aliphatic hydroxyl groups excluding tert-OH is 1. The van der Waals surface area contributed by atoms with E-state index < -0.39 is 0 Å². The first kappa shape index (κ1) is 28.0. The van der Waals surface area contributed by atoms with Crippen LogP contribution in [0.15, 0.2) is 18.2 Å². The molecule has 0 aliphatic carbocycles. The summed E-state index contributed by atoms with van der Waals surface area (Å²) in [5, 5.41) is 19.1. The van der Waals surface area contributed by atoms with Gasteiger partial charge in [0.05, 0.1) is 31.0 Å². The monoisotopic (exact) mass is 449 g/mol. The van der Waals surface area contributed by atoms with Gasteiger partial charge in [-0.05, 0) is 30.2 Å². The lowest BCUT2D eigenvalue weighted by molar-refractivity contribution is -0.00349. The molecule has 0 aliphatic heterocycles. The van der Waals surface area contributed by atoms with Crippen molar-refractivity contribution >= 4 is 11.6 Å². The number of nitrogens with zero attached hydrogens (tertiary/aromatic N) is 1. The van der Waals surface area contributed by atoms with Gasteiger partial charge in [-0.1, -0.05) is 115 Å². The van der Waals surface area contributed by atoms with Gasteiger partial charge in [0, 0.05) is 5.02 Å². The van der Waals surface area contributed by atoms with Crippen molar-refractivity contribution in [1.29, 1.82) is 5.26 Å². The van der Waals surface area contributed by atoms with Crippen LogP contribution in [-0.2, 0) is 11.3 Å². The summed E-state index contributed by atoms with van der Waals surface area (Å²) >= 11 is 6.03. The lowest BCUT2D eigenvalue weighted by Gasteiger charge is -2.15. The standard InChI is InChI=1S/C27H44ClNO2/c1-2-3-4-5-6-7-8-9-10-11-12-13-14-15-16-17-27(22-30)31-23-25-18-24(21-29)19-26(28)20-25/h18-20,27,30H,2-17,22-23H2,1H3. The topological polar surface area (TPSA) is 53.2 Å². The highest BCUT2D eigenvalue weighted by atomic mass is 35.5. The maximum absolute atomic E-state index is 9.57. The lowest BCUT2D eigenvalue weighted by atomic mass is 10.0. The number of aliphatic hydroxyl groups is 1. The second-order valence-electron chi connectivity index (χ2n) is 8.81. The summed E-state index contributed by atoms with van der Waals surface area (Å²) in [6.45, 7) is 2.68. The second-order valence-corrected chi connectivity index (χ2v) is 9.25. The van der Waals surface area contributed by atoms with E-state index in [0.717, 1.165) is 18.4 Å². The molecule has 0 saturated carbocycles. The van der Waals surface area contributed by atoms with E-state index in [1.54, 1.807) is 12.1 Å². The van der Waals surface area contributed by atoms with Crippen LogP contribution in [0.5, 0.6) is 0 Å². The Labute approximate surface area is 196 Å². The Bertz CT molecular complexity index is 599. The van der Waals surface area contributed by atoms with Gasteiger partial charge in [0.1, 0.15) is 0 Å². The van der Waals surface area contributed by atoms with E-state index in [2.05, 4.69) is 13.0 Å². The van der Waals surface area contributed by atoms with Gasteiger partial charge in [-0.15, -0.1) is 0 Å². The maximum Gasteiger partial charge on any atom is 0.0992 e. The number of unbranched alkanes of at least 4 members (excludes halogenated alkanes) is 14. The van der Waals surface area contributed by atoms with Crippen LogP contribution in [-0.4, -0.2) is 17.8 Å². The number of ether oxygens (including phenoxy) is 1. The predicted octanol–water partition coefficient (Wildman–Crippen LogP) is 8.35. The Kier molecular flexibility index (Phi) is 17.7. The van der Waals surface area contributed by atoms with Crippen LogP contribution in [0.2, 0.25) is 5.02 Å². The summed E-state index contributed by atoms with van der Waals surface area (Å²) < 4.78 is 5.83. The van der Waals surface area contributed by atoms with Gasteiger partial charge in [-0.3, -0.25) is 0 Å². The van der Waals surface area contributed by atoms with Crippen molar-refractivity contribution < 1.29 is 9.84 Å². The number of hydrogen-bond donors (Lipinski definition) is 1. The minimum absolute atomic E-state index is 0.0320. The van der Waals surface area contributed by atoms with E-state index >= 15 is 0 Å². The molecule has 1 aromatic rings. The molecular formula is C27H44ClNO2. The van der Waals surface area contributed by atoms with Gasteiger partial charge >= 0.3 is 0 Å². The fourth-order valence-corrected chi connectivity index (χ4v) is 4.24. The highest BCUT2D eigenvalue weighted by molar-refractivity contribution is 6.30. The van der Waals surface area contributed by atoms with Crippen molar-refractivity contribution in [1.82, 2.24) is 0 Å². The predicted molar refractivity (Wildman–Crippen MR) is 131 cm³/mol. The van der Waals surface area contributed by atoms with Crippen molar-refractivity contribution in [2.45, 2.75) is 122 Å². The molecule has 1 aromatic carbocycles. The van der Waals surface area contributed by atoms with Crippen LogP contribution >= 0.6 is 11.6 Å². The molecule has 0 spiro atoms.